The number of nitrogens with one attached hydrogen (secondary N) is 1. The number of anilines is 1. The largest absolute Gasteiger partial charge is 0.481 e. The Hall–Kier alpha value is -3.67. The minimum absolute atomic E-state index is 0.259. The van der Waals surface area contributed by atoms with Crippen LogP contribution >= 0.6 is 0 Å². The Labute approximate surface area is 161 Å². The van der Waals surface area contributed by atoms with Gasteiger partial charge in [0.25, 0.3) is 11.8 Å². The first-order valence-electron chi connectivity index (χ1n) is 8.66. The average molecular weight is 378 g/mol. The molecule has 0 radical (unpaired) electrons. The Morgan fingerprint density at radius 1 is 0.964 bits per heavy atom. The van der Waals surface area contributed by atoms with Crippen molar-refractivity contribution in [3.63, 3.8) is 0 Å². The molecule has 3 aromatic carbocycles. The molecule has 0 bridgehead atoms. The molecule has 3 N–H and O–H groups in total. The molecular formula is C22H19FN2O3. The number of rotatable bonds is 6. The molecule has 0 aliphatic carbocycles. The molecule has 1 unspecified atom stereocenters. The third-order valence-electron chi connectivity index (χ3n) is 4.14. The highest BCUT2D eigenvalue weighted by molar-refractivity contribution is 5.97. The summed E-state index contributed by atoms with van der Waals surface area (Å²) in [7, 11) is 0. The maximum atomic E-state index is 13.5. The van der Waals surface area contributed by atoms with E-state index in [-0.39, 0.29) is 11.3 Å². The van der Waals surface area contributed by atoms with Gasteiger partial charge in [0.05, 0.1) is 5.56 Å². The molecule has 0 aromatic heterocycles. The highest BCUT2D eigenvalue weighted by Gasteiger charge is 2.16. The molecule has 0 heterocycles. The van der Waals surface area contributed by atoms with Crippen molar-refractivity contribution in [3.05, 3.63) is 84.2 Å². The maximum Gasteiger partial charge on any atom is 0.265 e. The summed E-state index contributed by atoms with van der Waals surface area (Å²) in [4.78, 5) is 23.5. The molecule has 0 aliphatic heterocycles. The van der Waals surface area contributed by atoms with Gasteiger partial charge in [0, 0.05) is 5.69 Å². The monoisotopic (exact) mass is 378 g/mol. The minimum Gasteiger partial charge on any atom is -0.481 e. The topological polar surface area (TPSA) is 81.4 Å². The first kappa shape index (κ1) is 19.1. The van der Waals surface area contributed by atoms with Crippen molar-refractivity contribution in [2.45, 2.75) is 13.0 Å². The van der Waals surface area contributed by atoms with Crippen molar-refractivity contribution in [3.8, 4) is 16.9 Å². The van der Waals surface area contributed by atoms with Crippen molar-refractivity contribution in [2.24, 2.45) is 5.73 Å². The summed E-state index contributed by atoms with van der Waals surface area (Å²) >= 11 is 0. The fourth-order valence-corrected chi connectivity index (χ4v) is 2.65. The third-order valence-corrected chi connectivity index (χ3v) is 4.14. The summed E-state index contributed by atoms with van der Waals surface area (Å²) in [6, 6.07) is 20.9. The fourth-order valence-electron chi connectivity index (χ4n) is 2.65. The van der Waals surface area contributed by atoms with Gasteiger partial charge >= 0.3 is 0 Å². The van der Waals surface area contributed by atoms with E-state index < -0.39 is 23.7 Å². The second kappa shape index (κ2) is 8.35. The Kier molecular flexibility index (Phi) is 5.69. The lowest BCUT2D eigenvalue weighted by molar-refractivity contribution is -0.122. The van der Waals surface area contributed by atoms with Gasteiger partial charge in [-0.15, -0.1) is 0 Å². The minimum atomic E-state index is -0.906. The van der Waals surface area contributed by atoms with Crippen LogP contribution in [0.2, 0.25) is 0 Å². The number of benzene rings is 3. The van der Waals surface area contributed by atoms with Crippen LogP contribution in [0, 0.1) is 5.82 Å². The van der Waals surface area contributed by atoms with E-state index in [2.05, 4.69) is 5.32 Å². The van der Waals surface area contributed by atoms with Crippen molar-refractivity contribution < 1.29 is 18.7 Å². The zero-order valence-electron chi connectivity index (χ0n) is 15.2. The van der Waals surface area contributed by atoms with Crippen LogP contribution in [0.3, 0.4) is 0 Å². The summed E-state index contributed by atoms with van der Waals surface area (Å²) < 4.78 is 19.2. The van der Waals surface area contributed by atoms with E-state index in [0.717, 1.165) is 17.2 Å². The van der Waals surface area contributed by atoms with Gasteiger partial charge in [0.2, 0.25) is 0 Å². The molecule has 0 saturated heterocycles. The van der Waals surface area contributed by atoms with Gasteiger partial charge in [-0.3, -0.25) is 9.59 Å². The lowest BCUT2D eigenvalue weighted by atomic mass is 10.1. The van der Waals surface area contributed by atoms with Gasteiger partial charge in [-0.25, -0.2) is 4.39 Å². The molecule has 6 heteroatoms. The number of halogens is 1. The van der Waals surface area contributed by atoms with Crippen molar-refractivity contribution in [1.82, 2.24) is 0 Å². The fraction of sp³-hybridized carbons (Fsp3) is 0.0909. The van der Waals surface area contributed by atoms with Crippen LogP contribution in [-0.2, 0) is 4.79 Å². The molecule has 1 atom stereocenters. The van der Waals surface area contributed by atoms with E-state index in [1.54, 1.807) is 19.1 Å². The Morgan fingerprint density at radius 2 is 1.61 bits per heavy atom. The predicted molar refractivity (Wildman–Crippen MR) is 106 cm³/mol. The summed E-state index contributed by atoms with van der Waals surface area (Å²) in [5.41, 5.74) is 7.21. The Balaban J connectivity index is 1.64. The van der Waals surface area contributed by atoms with Crippen LogP contribution < -0.4 is 15.8 Å². The number of amides is 2. The summed E-state index contributed by atoms with van der Waals surface area (Å²) in [6.45, 7) is 1.60. The number of ether oxygens (including phenoxy) is 1. The molecule has 142 valence electrons. The molecule has 0 aliphatic rings. The second-order valence-electron chi connectivity index (χ2n) is 6.20. The van der Waals surface area contributed by atoms with E-state index in [1.807, 2.05) is 42.5 Å². The van der Waals surface area contributed by atoms with Crippen molar-refractivity contribution in [2.75, 3.05) is 5.32 Å². The molecule has 3 rings (SSSR count). The van der Waals surface area contributed by atoms with E-state index in [4.69, 9.17) is 10.5 Å². The Morgan fingerprint density at radius 3 is 2.25 bits per heavy atom. The van der Waals surface area contributed by atoms with Crippen LogP contribution in [0.25, 0.3) is 11.1 Å². The van der Waals surface area contributed by atoms with E-state index in [9.17, 15) is 14.0 Å². The predicted octanol–water partition coefficient (Wildman–Crippen LogP) is 4.00. The van der Waals surface area contributed by atoms with Gasteiger partial charge in [0.1, 0.15) is 11.6 Å². The molecule has 5 nitrogen and oxygen atoms in total. The standard InChI is InChI=1S/C22H19FN2O3/c1-14(22(27)25-17-9-12-20(23)19(13-17)21(24)26)28-18-10-7-16(8-11-18)15-5-3-2-4-6-15/h2-14H,1H3,(H2,24,26)(H,25,27). The molecule has 3 aromatic rings. The normalized spacial score (nSPS) is 11.5. The second-order valence-corrected chi connectivity index (χ2v) is 6.20. The number of hydrogen-bond donors (Lipinski definition) is 2. The first-order valence-corrected chi connectivity index (χ1v) is 8.66. The molecular weight excluding hydrogens is 359 g/mol. The molecule has 0 spiro atoms. The lowest BCUT2D eigenvalue weighted by Crippen LogP contribution is -2.30. The molecule has 0 saturated carbocycles. The number of carbonyl (C=O) groups excluding carboxylic acids is 2. The van der Waals surface area contributed by atoms with Gasteiger partial charge < -0.3 is 15.8 Å². The number of nitrogens with two attached hydrogens (primary N) is 1. The lowest BCUT2D eigenvalue weighted by Gasteiger charge is -2.15. The Bertz CT molecular complexity index is 988. The number of hydrogen-bond acceptors (Lipinski definition) is 3. The summed E-state index contributed by atoms with van der Waals surface area (Å²) in [5, 5.41) is 2.58. The van der Waals surface area contributed by atoms with Crippen molar-refractivity contribution in [1.29, 1.82) is 0 Å². The zero-order valence-corrected chi connectivity index (χ0v) is 15.2. The highest BCUT2D eigenvalue weighted by Crippen LogP contribution is 2.23. The molecule has 2 amide bonds. The summed E-state index contributed by atoms with van der Waals surface area (Å²) in [5.74, 6) is -1.54. The van der Waals surface area contributed by atoms with Crippen LogP contribution in [0.15, 0.2) is 72.8 Å². The quantitative estimate of drug-likeness (QED) is 0.680. The van der Waals surface area contributed by atoms with E-state index in [0.29, 0.717) is 5.75 Å². The molecule has 28 heavy (non-hydrogen) atoms. The summed E-state index contributed by atoms with van der Waals surface area (Å²) in [6.07, 6.45) is -0.801. The van der Waals surface area contributed by atoms with Crippen molar-refractivity contribution >= 4 is 17.5 Å². The van der Waals surface area contributed by atoms with Gasteiger partial charge in [0.15, 0.2) is 6.10 Å². The van der Waals surface area contributed by atoms with Crippen LogP contribution in [0.5, 0.6) is 5.75 Å². The highest BCUT2D eigenvalue weighted by atomic mass is 19.1. The van der Waals surface area contributed by atoms with E-state index >= 15 is 0 Å². The average Bonchev–Trinajstić information content (AvgIpc) is 2.70. The van der Waals surface area contributed by atoms with Crippen LogP contribution in [-0.4, -0.2) is 17.9 Å². The zero-order chi connectivity index (χ0) is 20.1. The SMILES string of the molecule is CC(Oc1ccc(-c2ccccc2)cc1)C(=O)Nc1ccc(F)c(C(N)=O)c1. The van der Waals surface area contributed by atoms with Crippen LogP contribution in [0.4, 0.5) is 10.1 Å². The van der Waals surface area contributed by atoms with Gasteiger partial charge in [-0.05, 0) is 48.4 Å². The van der Waals surface area contributed by atoms with Crippen LogP contribution in [0.1, 0.15) is 17.3 Å². The number of carbonyl (C=O) groups is 2. The smallest absolute Gasteiger partial charge is 0.265 e. The van der Waals surface area contributed by atoms with Gasteiger partial charge in [-0.2, -0.15) is 0 Å². The number of primary amides is 1. The molecule has 0 fully saturated rings. The van der Waals surface area contributed by atoms with E-state index in [1.165, 1.54) is 12.1 Å². The third kappa shape index (κ3) is 4.54. The van der Waals surface area contributed by atoms with Gasteiger partial charge in [-0.1, -0.05) is 42.5 Å². The maximum absolute atomic E-state index is 13.5. The first-order chi connectivity index (χ1) is 13.4.